The lowest BCUT2D eigenvalue weighted by atomic mass is 10.1. The summed E-state index contributed by atoms with van der Waals surface area (Å²) in [5, 5.41) is 29.3. The Morgan fingerprint density at radius 3 is 2.52 bits per heavy atom. The highest BCUT2D eigenvalue weighted by molar-refractivity contribution is 7.91. The van der Waals surface area contributed by atoms with E-state index in [4.69, 9.17) is 15.0 Å². The SMILES string of the molecule is CCCc1nccc2sc(-c3c(C)nc(NC4CC4)nc3N[C@@H]3C[C@H](CS(=O)(=O)c4ccc(F)cc4)[C@@H](O)[C@H]3O)nc12. The van der Waals surface area contributed by atoms with Crippen LogP contribution < -0.4 is 10.6 Å². The Morgan fingerprint density at radius 2 is 1.81 bits per heavy atom. The van der Waals surface area contributed by atoms with E-state index in [9.17, 15) is 23.0 Å². The van der Waals surface area contributed by atoms with Crippen LogP contribution in [0.25, 0.3) is 20.8 Å². The second kappa shape index (κ2) is 11.4. The summed E-state index contributed by atoms with van der Waals surface area (Å²) in [6, 6.07) is 6.17. The number of nitrogens with one attached hydrogen (secondary N) is 2. The minimum Gasteiger partial charge on any atom is -0.390 e. The minimum atomic E-state index is -3.82. The maximum Gasteiger partial charge on any atom is 0.225 e. The van der Waals surface area contributed by atoms with Gasteiger partial charge in [0.2, 0.25) is 5.95 Å². The van der Waals surface area contributed by atoms with Crippen LogP contribution in [0.15, 0.2) is 41.4 Å². The topological polar surface area (TPSA) is 150 Å². The molecule has 2 aliphatic carbocycles. The number of aryl methyl sites for hydroxylation is 2. The number of halogens is 1. The van der Waals surface area contributed by atoms with Crippen LogP contribution in [0.1, 0.15) is 44.0 Å². The number of benzene rings is 1. The van der Waals surface area contributed by atoms with Crippen molar-refractivity contribution in [2.45, 2.75) is 75.1 Å². The number of fused-ring (bicyclic) bond motifs is 1. The third kappa shape index (κ3) is 5.83. The fraction of sp³-hybridized carbons (Fsp3) is 0.448. The quantitative estimate of drug-likeness (QED) is 0.193. The number of pyridine rings is 1. The number of nitrogens with zero attached hydrogens (tertiary/aromatic N) is 4. The Balaban J connectivity index is 1.32. The van der Waals surface area contributed by atoms with Gasteiger partial charge in [-0.25, -0.2) is 22.8 Å². The lowest BCUT2D eigenvalue weighted by Gasteiger charge is -2.21. The summed E-state index contributed by atoms with van der Waals surface area (Å²) in [5.41, 5.74) is 3.15. The zero-order valence-electron chi connectivity index (χ0n) is 23.3. The van der Waals surface area contributed by atoms with Crippen molar-refractivity contribution in [3.05, 3.63) is 53.7 Å². The number of anilines is 2. The second-order valence-corrected chi connectivity index (χ2v) is 14.2. The molecule has 4 N–H and O–H groups in total. The zero-order chi connectivity index (χ0) is 29.6. The van der Waals surface area contributed by atoms with Crippen molar-refractivity contribution >= 4 is 43.2 Å². The van der Waals surface area contributed by atoms with Crippen molar-refractivity contribution in [3.63, 3.8) is 0 Å². The number of hydrogen-bond donors (Lipinski definition) is 4. The molecule has 222 valence electrons. The van der Waals surface area contributed by atoms with Crippen molar-refractivity contribution in [3.8, 4) is 10.6 Å². The molecule has 3 aromatic heterocycles. The van der Waals surface area contributed by atoms with Gasteiger partial charge in [0.15, 0.2) is 9.84 Å². The standard InChI is InChI=1S/C29H33FN6O4S2/c1-3-4-20-24-22(11-12-31-20)41-28(35-24)23-15(2)32-29(33-18-7-8-18)36-27(23)34-21-13-16(25(37)26(21)38)14-42(39,40)19-9-5-17(30)6-10-19/h5-6,9-12,16,18,21,25-26,37-38H,3-4,7-8,13-14H2,1-2H3,(H2,32,33,34,36)/t16-,21-,25-,26+/m1/s1. The average molecular weight is 613 g/mol. The highest BCUT2D eigenvalue weighted by Gasteiger charge is 2.44. The molecule has 2 aliphatic rings. The molecule has 0 unspecified atom stereocenters. The Kier molecular flexibility index (Phi) is 7.85. The van der Waals surface area contributed by atoms with Gasteiger partial charge in [-0.1, -0.05) is 13.3 Å². The van der Waals surface area contributed by atoms with Crippen LogP contribution in [0.5, 0.6) is 0 Å². The van der Waals surface area contributed by atoms with E-state index in [2.05, 4.69) is 22.5 Å². The molecular formula is C29H33FN6O4S2. The molecule has 4 aromatic rings. The molecule has 13 heteroatoms. The first-order valence-electron chi connectivity index (χ1n) is 14.1. The number of hydrogen-bond acceptors (Lipinski definition) is 11. The van der Waals surface area contributed by atoms with Crippen LogP contribution in [0.3, 0.4) is 0 Å². The fourth-order valence-corrected chi connectivity index (χ4v) is 8.19. The summed E-state index contributed by atoms with van der Waals surface area (Å²) in [6.45, 7) is 3.98. The van der Waals surface area contributed by atoms with Gasteiger partial charge < -0.3 is 20.8 Å². The Hall–Kier alpha value is -3.26. The Labute approximate surface area is 247 Å². The maximum absolute atomic E-state index is 13.4. The molecule has 3 heterocycles. The lowest BCUT2D eigenvalue weighted by Crippen LogP contribution is -2.36. The molecule has 0 amide bonds. The highest BCUT2D eigenvalue weighted by Crippen LogP contribution is 2.39. The first-order valence-corrected chi connectivity index (χ1v) is 16.6. The fourth-order valence-electron chi connectivity index (χ4n) is 5.47. The van der Waals surface area contributed by atoms with Gasteiger partial charge in [-0.05, 0) is 62.9 Å². The normalized spacial score (nSPS) is 22.5. The van der Waals surface area contributed by atoms with E-state index < -0.39 is 39.8 Å². The molecule has 4 atom stereocenters. The molecule has 2 fully saturated rings. The molecule has 0 bridgehead atoms. The van der Waals surface area contributed by atoms with E-state index in [1.165, 1.54) is 23.5 Å². The molecule has 1 aromatic carbocycles. The Bertz CT molecular complexity index is 1710. The van der Waals surface area contributed by atoms with Gasteiger partial charge in [0, 0.05) is 18.2 Å². The predicted molar refractivity (Wildman–Crippen MR) is 160 cm³/mol. The van der Waals surface area contributed by atoms with Crippen molar-refractivity contribution in [2.24, 2.45) is 5.92 Å². The molecule has 2 saturated carbocycles. The average Bonchev–Trinajstić information content (AvgIpc) is 3.59. The third-order valence-electron chi connectivity index (χ3n) is 7.81. The van der Waals surface area contributed by atoms with Gasteiger partial charge in [0.05, 0.1) is 44.4 Å². The van der Waals surface area contributed by atoms with Crippen LogP contribution in [0.2, 0.25) is 0 Å². The molecule has 0 radical (unpaired) electrons. The van der Waals surface area contributed by atoms with E-state index in [1.54, 1.807) is 6.20 Å². The van der Waals surface area contributed by atoms with E-state index >= 15 is 0 Å². The smallest absolute Gasteiger partial charge is 0.225 e. The zero-order valence-corrected chi connectivity index (χ0v) is 24.9. The van der Waals surface area contributed by atoms with E-state index in [1.807, 2.05) is 13.0 Å². The number of aliphatic hydroxyl groups excluding tert-OH is 2. The van der Waals surface area contributed by atoms with Crippen LogP contribution in [0, 0.1) is 18.7 Å². The number of aliphatic hydroxyl groups is 2. The Morgan fingerprint density at radius 1 is 1.05 bits per heavy atom. The molecule has 42 heavy (non-hydrogen) atoms. The van der Waals surface area contributed by atoms with Crippen LogP contribution >= 0.6 is 11.3 Å². The van der Waals surface area contributed by atoms with Gasteiger partial charge in [-0.15, -0.1) is 11.3 Å². The maximum atomic E-state index is 13.4. The minimum absolute atomic E-state index is 0.0285. The summed E-state index contributed by atoms with van der Waals surface area (Å²) in [7, 11) is -3.82. The second-order valence-electron chi connectivity index (χ2n) is 11.1. The van der Waals surface area contributed by atoms with Crippen molar-refractivity contribution in [1.29, 1.82) is 0 Å². The van der Waals surface area contributed by atoms with Gasteiger partial charge in [0.25, 0.3) is 0 Å². The molecule has 0 aliphatic heterocycles. The first-order chi connectivity index (χ1) is 20.1. The molecule has 10 nitrogen and oxygen atoms in total. The van der Waals surface area contributed by atoms with E-state index in [0.717, 1.165) is 53.7 Å². The van der Waals surface area contributed by atoms with Crippen molar-refractivity contribution < 1.29 is 23.0 Å². The number of aromatic nitrogens is 4. The monoisotopic (exact) mass is 612 g/mol. The van der Waals surface area contributed by atoms with Crippen LogP contribution in [-0.4, -0.2) is 68.6 Å². The largest absolute Gasteiger partial charge is 0.390 e. The van der Waals surface area contributed by atoms with Crippen LogP contribution in [0.4, 0.5) is 16.2 Å². The van der Waals surface area contributed by atoms with Gasteiger partial charge in [-0.2, -0.15) is 4.98 Å². The molecule has 6 rings (SSSR count). The first kappa shape index (κ1) is 28.8. The summed E-state index contributed by atoms with van der Waals surface area (Å²) < 4.78 is 40.4. The number of thiazole rings is 1. The predicted octanol–water partition coefficient (Wildman–Crippen LogP) is 4.12. The lowest BCUT2D eigenvalue weighted by molar-refractivity contribution is 0.0216. The van der Waals surface area contributed by atoms with Gasteiger partial charge >= 0.3 is 0 Å². The van der Waals surface area contributed by atoms with E-state index in [0.29, 0.717) is 34.1 Å². The van der Waals surface area contributed by atoms with Crippen LogP contribution in [-0.2, 0) is 16.3 Å². The molecule has 0 spiro atoms. The number of sulfone groups is 1. The van der Waals surface area contributed by atoms with Gasteiger partial charge in [-0.3, -0.25) is 4.98 Å². The summed E-state index contributed by atoms with van der Waals surface area (Å²) in [4.78, 5) is 18.9. The molecule has 0 saturated heterocycles. The van der Waals surface area contributed by atoms with Gasteiger partial charge in [0.1, 0.15) is 28.3 Å². The summed E-state index contributed by atoms with van der Waals surface area (Å²) >= 11 is 1.51. The molecular weight excluding hydrogens is 579 g/mol. The summed E-state index contributed by atoms with van der Waals surface area (Å²) in [5.74, 6) is -0.753. The number of rotatable bonds is 10. The third-order valence-corrected chi connectivity index (χ3v) is 10.7. The summed E-state index contributed by atoms with van der Waals surface area (Å²) in [6.07, 6.45) is 3.27. The van der Waals surface area contributed by atoms with E-state index in [-0.39, 0.29) is 17.1 Å². The van der Waals surface area contributed by atoms with Crippen molar-refractivity contribution in [1.82, 2.24) is 19.9 Å². The van der Waals surface area contributed by atoms with Crippen molar-refractivity contribution in [2.75, 3.05) is 16.4 Å². The highest BCUT2D eigenvalue weighted by atomic mass is 32.2.